The number of nitrogens with zero attached hydrogens (tertiary/aromatic N) is 2. The third kappa shape index (κ3) is 3.31. The van der Waals surface area contributed by atoms with Gasteiger partial charge in [-0.3, -0.25) is 9.80 Å². The van der Waals surface area contributed by atoms with Crippen LogP contribution in [0.3, 0.4) is 0 Å². The number of aliphatic hydroxyl groups is 1. The van der Waals surface area contributed by atoms with Gasteiger partial charge in [0.25, 0.3) is 0 Å². The molecule has 3 heteroatoms. The van der Waals surface area contributed by atoms with Crippen molar-refractivity contribution in [2.45, 2.75) is 37.6 Å². The zero-order valence-electron chi connectivity index (χ0n) is 13.2. The highest BCUT2D eigenvalue weighted by molar-refractivity contribution is 5.25. The first-order chi connectivity index (χ1) is 10.2. The molecule has 0 amide bonds. The molecule has 0 aromatic heterocycles. The number of aliphatic hydroxyl groups excluding tert-OH is 1. The smallest absolute Gasteiger partial charge is 0.0537 e. The summed E-state index contributed by atoms with van der Waals surface area (Å²) in [5.74, 6) is 0. The molecule has 2 aliphatic rings. The van der Waals surface area contributed by atoms with Crippen molar-refractivity contribution in [3.63, 3.8) is 0 Å². The van der Waals surface area contributed by atoms with Crippen LogP contribution in [-0.4, -0.2) is 60.3 Å². The van der Waals surface area contributed by atoms with Crippen molar-refractivity contribution in [2.24, 2.45) is 0 Å². The van der Waals surface area contributed by atoms with Crippen molar-refractivity contribution in [3.05, 3.63) is 35.9 Å². The fraction of sp³-hybridized carbons (Fsp3) is 0.667. The molecule has 0 aliphatic carbocycles. The second kappa shape index (κ2) is 6.47. The topological polar surface area (TPSA) is 26.7 Å². The molecule has 2 saturated heterocycles. The SMILES string of the molecule is CC(CO)(CN1CCN2CCCCC2C1)c1ccccc1. The molecule has 3 rings (SSSR count). The molecule has 2 aliphatic heterocycles. The summed E-state index contributed by atoms with van der Waals surface area (Å²) in [5, 5.41) is 9.96. The highest BCUT2D eigenvalue weighted by atomic mass is 16.3. The van der Waals surface area contributed by atoms with Crippen LogP contribution in [0.4, 0.5) is 0 Å². The summed E-state index contributed by atoms with van der Waals surface area (Å²) in [6.45, 7) is 8.14. The zero-order chi connectivity index (χ0) is 14.7. The van der Waals surface area contributed by atoms with Crippen LogP contribution in [0.25, 0.3) is 0 Å². The fourth-order valence-electron chi connectivity index (χ4n) is 3.93. The first-order valence-corrected chi connectivity index (χ1v) is 8.34. The monoisotopic (exact) mass is 288 g/mol. The van der Waals surface area contributed by atoms with Gasteiger partial charge in [-0.1, -0.05) is 43.7 Å². The summed E-state index contributed by atoms with van der Waals surface area (Å²) in [7, 11) is 0. The van der Waals surface area contributed by atoms with Crippen LogP contribution < -0.4 is 0 Å². The van der Waals surface area contributed by atoms with Crippen molar-refractivity contribution in [1.82, 2.24) is 9.80 Å². The standard InChI is InChI=1S/C18H28N2O/c1-18(15-21,16-7-3-2-4-8-16)14-19-11-12-20-10-6-5-9-17(20)13-19/h2-4,7-8,17,21H,5-6,9-15H2,1H3. The number of benzene rings is 1. The number of rotatable bonds is 4. The average molecular weight is 288 g/mol. The summed E-state index contributed by atoms with van der Waals surface area (Å²) >= 11 is 0. The zero-order valence-corrected chi connectivity index (χ0v) is 13.2. The Morgan fingerprint density at radius 1 is 1.14 bits per heavy atom. The van der Waals surface area contributed by atoms with E-state index in [1.807, 2.05) is 6.07 Å². The largest absolute Gasteiger partial charge is 0.395 e. The van der Waals surface area contributed by atoms with Gasteiger partial charge in [0.2, 0.25) is 0 Å². The minimum absolute atomic E-state index is 0.155. The Labute approximate surface area is 128 Å². The lowest BCUT2D eigenvalue weighted by molar-refractivity contribution is 0.0317. The number of fused-ring (bicyclic) bond motifs is 1. The Kier molecular flexibility index (Phi) is 4.63. The van der Waals surface area contributed by atoms with E-state index in [2.05, 4.69) is 41.0 Å². The quantitative estimate of drug-likeness (QED) is 0.919. The molecule has 0 bridgehead atoms. The van der Waals surface area contributed by atoms with Gasteiger partial charge < -0.3 is 5.11 Å². The van der Waals surface area contributed by atoms with E-state index >= 15 is 0 Å². The van der Waals surface area contributed by atoms with Gasteiger partial charge in [0.1, 0.15) is 0 Å². The second-order valence-corrected chi connectivity index (χ2v) is 7.01. The highest BCUT2D eigenvalue weighted by Crippen LogP contribution is 2.27. The van der Waals surface area contributed by atoms with Gasteiger partial charge in [-0.15, -0.1) is 0 Å². The van der Waals surface area contributed by atoms with Crippen molar-refractivity contribution in [3.8, 4) is 0 Å². The predicted molar refractivity (Wildman–Crippen MR) is 86.5 cm³/mol. The molecule has 116 valence electrons. The highest BCUT2D eigenvalue weighted by Gasteiger charge is 2.34. The van der Waals surface area contributed by atoms with Gasteiger partial charge in [-0.05, 0) is 24.9 Å². The van der Waals surface area contributed by atoms with E-state index in [0.29, 0.717) is 0 Å². The molecular weight excluding hydrogens is 260 g/mol. The maximum Gasteiger partial charge on any atom is 0.0537 e. The minimum atomic E-state index is -0.155. The summed E-state index contributed by atoms with van der Waals surface area (Å²) in [4.78, 5) is 5.23. The van der Waals surface area contributed by atoms with Crippen LogP contribution in [0.5, 0.6) is 0 Å². The van der Waals surface area contributed by atoms with Gasteiger partial charge >= 0.3 is 0 Å². The maximum absolute atomic E-state index is 9.96. The third-order valence-corrected chi connectivity index (χ3v) is 5.31. The number of hydrogen-bond donors (Lipinski definition) is 1. The van der Waals surface area contributed by atoms with E-state index in [4.69, 9.17) is 0 Å². The molecule has 2 fully saturated rings. The Morgan fingerprint density at radius 3 is 2.71 bits per heavy atom. The van der Waals surface area contributed by atoms with E-state index in [9.17, 15) is 5.11 Å². The first kappa shape index (κ1) is 15.0. The molecular formula is C18H28N2O. The van der Waals surface area contributed by atoms with Crippen molar-refractivity contribution in [2.75, 3.05) is 39.3 Å². The van der Waals surface area contributed by atoms with Crippen LogP contribution in [0.2, 0.25) is 0 Å². The van der Waals surface area contributed by atoms with Gasteiger partial charge in [0, 0.05) is 37.6 Å². The Morgan fingerprint density at radius 2 is 1.95 bits per heavy atom. The van der Waals surface area contributed by atoms with E-state index < -0.39 is 0 Å². The lowest BCUT2D eigenvalue weighted by Crippen LogP contribution is -2.57. The Hall–Kier alpha value is -0.900. The van der Waals surface area contributed by atoms with Crippen molar-refractivity contribution < 1.29 is 5.11 Å². The Balaban J connectivity index is 1.67. The van der Waals surface area contributed by atoms with Gasteiger partial charge in [0.05, 0.1) is 6.61 Å². The predicted octanol–water partition coefficient (Wildman–Crippen LogP) is 2.11. The van der Waals surface area contributed by atoms with E-state index in [1.165, 1.54) is 44.5 Å². The summed E-state index contributed by atoms with van der Waals surface area (Å²) in [6, 6.07) is 11.2. The lowest BCUT2D eigenvalue weighted by atomic mass is 9.82. The Bertz CT molecular complexity index is 450. The fourth-order valence-corrected chi connectivity index (χ4v) is 3.93. The summed E-state index contributed by atoms with van der Waals surface area (Å²) in [6.07, 6.45) is 4.09. The minimum Gasteiger partial charge on any atom is -0.395 e. The van der Waals surface area contributed by atoms with Crippen molar-refractivity contribution >= 4 is 0 Å². The van der Waals surface area contributed by atoms with Gasteiger partial charge in [-0.25, -0.2) is 0 Å². The molecule has 1 N–H and O–H groups in total. The van der Waals surface area contributed by atoms with Crippen molar-refractivity contribution in [1.29, 1.82) is 0 Å². The summed E-state index contributed by atoms with van der Waals surface area (Å²) < 4.78 is 0. The van der Waals surface area contributed by atoms with Gasteiger partial charge in [0.15, 0.2) is 0 Å². The average Bonchev–Trinajstić information content (AvgIpc) is 2.55. The molecule has 1 aromatic rings. The first-order valence-electron chi connectivity index (χ1n) is 8.34. The molecule has 1 aromatic carbocycles. The number of piperazine rings is 1. The van der Waals surface area contributed by atoms with Crippen LogP contribution in [0.15, 0.2) is 30.3 Å². The molecule has 21 heavy (non-hydrogen) atoms. The molecule has 0 saturated carbocycles. The van der Waals surface area contributed by atoms with Crippen LogP contribution >= 0.6 is 0 Å². The molecule has 0 spiro atoms. The normalized spacial score (nSPS) is 27.0. The van der Waals surface area contributed by atoms with E-state index in [1.54, 1.807) is 0 Å². The molecule has 2 heterocycles. The number of piperidine rings is 1. The number of hydrogen-bond acceptors (Lipinski definition) is 3. The molecule has 0 radical (unpaired) electrons. The van der Waals surface area contributed by atoms with E-state index in [-0.39, 0.29) is 12.0 Å². The molecule has 2 unspecified atom stereocenters. The van der Waals surface area contributed by atoms with Gasteiger partial charge in [-0.2, -0.15) is 0 Å². The maximum atomic E-state index is 9.96. The molecule has 2 atom stereocenters. The second-order valence-electron chi connectivity index (χ2n) is 7.01. The van der Waals surface area contributed by atoms with Crippen LogP contribution in [0.1, 0.15) is 31.7 Å². The van der Waals surface area contributed by atoms with E-state index in [0.717, 1.165) is 19.1 Å². The molecule has 3 nitrogen and oxygen atoms in total. The van der Waals surface area contributed by atoms with Crippen LogP contribution in [0, 0.1) is 0 Å². The third-order valence-electron chi connectivity index (χ3n) is 5.31. The summed E-state index contributed by atoms with van der Waals surface area (Å²) in [5.41, 5.74) is 1.09. The lowest BCUT2D eigenvalue weighted by Gasteiger charge is -2.46. The van der Waals surface area contributed by atoms with Crippen LogP contribution in [-0.2, 0) is 5.41 Å².